The Morgan fingerprint density at radius 1 is 1.19 bits per heavy atom. The van der Waals surface area contributed by atoms with Crippen molar-refractivity contribution in [1.82, 2.24) is 14.8 Å². The van der Waals surface area contributed by atoms with E-state index in [-0.39, 0.29) is 5.91 Å². The molecule has 2 aromatic carbocycles. The van der Waals surface area contributed by atoms with Gasteiger partial charge < -0.3 is 10.1 Å². The highest BCUT2D eigenvalue weighted by molar-refractivity contribution is 8.00. The molecule has 1 unspecified atom stereocenters. The van der Waals surface area contributed by atoms with Crippen molar-refractivity contribution in [2.75, 3.05) is 12.4 Å². The van der Waals surface area contributed by atoms with Crippen molar-refractivity contribution in [1.29, 1.82) is 0 Å². The Morgan fingerprint density at radius 3 is 2.48 bits per heavy atom. The van der Waals surface area contributed by atoms with Gasteiger partial charge in [-0.2, -0.15) is 0 Å². The molecule has 0 aliphatic heterocycles. The number of halogens is 2. The molecular weight excluding hydrogens is 407 g/mol. The molecule has 0 bridgehead atoms. The average molecular weight is 423 g/mol. The summed E-state index contributed by atoms with van der Waals surface area (Å²) in [5, 5.41) is 12.0. The number of rotatable bonds is 6. The van der Waals surface area contributed by atoms with E-state index < -0.39 is 5.25 Å². The lowest BCUT2D eigenvalue weighted by Crippen LogP contribution is -2.22. The summed E-state index contributed by atoms with van der Waals surface area (Å²) in [5.41, 5.74) is 1.42. The number of nitrogens with zero attached hydrogens (tertiary/aromatic N) is 3. The summed E-state index contributed by atoms with van der Waals surface area (Å²) in [6.07, 6.45) is 1.60. The number of anilines is 1. The molecule has 140 valence electrons. The Kier molecular flexibility index (Phi) is 6.26. The molecule has 0 aliphatic carbocycles. The van der Waals surface area contributed by atoms with Gasteiger partial charge in [-0.15, -0.1) is 10.2 Å². The number of hydrogen-bond acceptors (Lipinski definition) is 5. The maximum absolute atomic E-state index is 12.5. The van der Waals surface area contributed by atoms with Gasteiger partial charge in [0.05, 0.1) is 12.4 Å². The van der Waals surface area contributed by atoms with Gasteiger partial charge in [-0.1, -0.05) is 35.0 Å². The van der Waals surface area contributed by atoms with Gasteiger partial charge in [-0.25, -0.2) is 0 Å². The van der Waals surface area contributed by atoms with E-state index in [4.69, 9.17) is 27.9 Å². The van der Waals surface area contributed by atoms with Crippen LogP contribution < -0.4 is 10.1 Å². The van der Waals surface area contributed by atoms with Gasteiger partial charge >= 0.3 is 0 Å². The van der Waals surface area contributed by atoms with Crippen LogP contribution in [-0.4, -0.2) is 33.0 Å². The lowest BCUT2D eigenvalue weighted by atomic mass is 10.3. The summed E-state index contributed by atoms with van der Waals surface area (Å²) >= 11 is 13.2. The molecule has 1 aromatic heterocycles. The molecule has 1 atom stereocenters. The second kappa shape index (κ2) is 8.65. The van der Waals surface area contributed by atoms with Crippen LogP contribution in [0.2, 0.25) is 10.0 Å². The fraction of sp³-hybridized carbons (Fsp3) is 0.167. The quantitative estimate of drug-likeness (QED) is 0.582. The summed E-state index contributed by atoms with van der Waals surface area (Å²) in [7, 11) is 1.61. The fourth-order valence-corrected chi connectivity index (χ4v) is 3.67. The van der Waals surface area contributed by atoms with Crippen molar-refractivity contribution in [3.05, 3.63) is 58.8 Å². The first-order chi connectivity index (χ1) is 13.0. The Morgan fingerprint density at radius 2 is 1.85 bits per heavy atom. The number of amides is 1. The number of aromatic nitrogens is 3. The average Bonchev–Trinajstić information content (AvgIpc) is 3.09. The Bertz CT molecular complexity index is 927. The second-order valence-corrected chi connectivity index (χ2v) is 7.77. The maximum Gasteiger partial charge on any atom is 0.237 e. The lowest BCUT2D eigenvalue weighted by molar-refractivity contribution is -0.115. The van der Waals surface area contributed by atoms with Crippen LogP contribution in [0.25, 0.3) is 5.69 Å². The van der Waals surface area contributed by atoms with Gasteiger partial charge in [0.15, 0.2) is 5.16 Å². The molecule has 1 heterocycles. The molecule has 1 N–H and O–H groups in total. The highest BCUT2D eigenvalue weighted by Gasteiger charge is 2.19. The number of carbonyl (C=O) groups excluding carboxylic acids is 1. The summed E-state index contributed by atoms with van der Waals surface area (Å²) < 4.78 is 6.98. The minimum Gasteiger partial charge on any atom is -0.497 e. The first-order valence-electron chi connectivity index (χ1n) is 7.94. The smallest absolute Gasteiger partial charge is 0.237 e. The molecule has 0 aliphatic rings. The normalized spacial score (nSPS) is 11.9. The van der Waals surface area contributed by atoms with Crippen LogP contribution in [0.15, 0.2) is 53.9 Å². The van der Waals surface area contributed by atoms with Crippen LogP contribution in [-0.2, 0) is 4.79 Å². The highest BCUT2D eigenvalue weighted by Crippen LogP contribution is 2.27. The number of hydrogen-bond donors (Lipinski definition) is 1. The van der Waals surface area contributed by atoms with E-state index in [9.17, 15) is 4.79 Å². The summed E-state index contributed by atoms with van der Waals surface area (Å²) in [6.45, 7) is 1.79. The maximum atomic E-state index is 12.5. The number of thioether (sulfide) groups is 1. The zero-order valence-electron chi connectivity index (χ0n) is 14.5. The van der Waals surface area contributed by atoms with E-state index in [0.29, 0.717) is 20.9 Å². The number of methoxy groups -OCH3 is 1. The third-order valence-corrected chi connectivity index (χ3v) is 5.14. The summed E-state index contributed by atoms with van der Waals surface area (Å²) in [6, 6.07) is 12.4. The summed E-state index contributed by atoms with van der Waals surface area (Å²) in [5.74, 6) is 0.566. The zero-order valence-corrected chi connectivity index (χ0v) is 16.8. The standard InChI is InChI=1S/C18H16Cl2N4O2S/c1-11(17(25)22-14-8-12(19)7-13(20)9-14)27-18-23-21-10-24(18)15-3-5-16(26-2)6-4-15/h3-11H,1-2H3,(H,22,25). The van der Waals surface area contributed by atoms with Gasteiger partial charge in [0.2, 0.25) is 5.91 Å². The van der Waals surface area contributed by atoms with Crippen molar-refractivity contribution < 1.29 is 9.53 Å². The van der Waals surface area contributed by atoms with Crippen LogP contribution in [0, 0.1) is 0 Å². The Hall–Kier alpha value is -2.22. The third-order valence-electron chi connectivity index (χ3n) is 3.65. The van der Waals surface area contributed by atoms with E-state index >= 15 is 0 Å². The largest absolute Gasteiger partial charge is 0.497 e. The predicted molar refractivity (Wildman–Crippen MR) is 108 cm³/mol. The van der Waals surface area contributed by atoms with Crippen molar-refractivity contribution in [2.24, 2.45) is 0 Å². The van der Waals surface area contributed by atoms with Gasteiger partial charge in [0.1, 0.15) is 12.1 Å². The highest BCUT2D eigenvalue weighted by atomic mass is 35.5. The van der Waals surface area contributed by atoms with Crippen molar-refractivity contribution in [3.63, 3.8) is 0 Å². The first-order valence-corrected chi connectivity index (χ1v) is 9.58. The predicted octanol–water partition coefficient (Wildman–Crippen LogP) is 4.70. The molecule has 0 fully saturated rings. The number of benzene rings is 2. The molecule has 0 saturated heterocycles. The van der Waals surface area contributed by atoms with Gasteiger partial charge in [-0.05, 0) is 49.4 Å². The molecule has 3 rings (SSSR count). The first kappa shape index (κ1) is 19.5. The number of carbonyl (C=O) groups is 1. The second-order valence-electron chi connectivity index (χ2n) is 5.59. The van der Waals surface area contributed by atoms with Crippen LogP contribution in [0.5, 0.6) is 5.75 Å². The molecule has 3 aromatic rings. The van der Waals surface area contributed by atoms with E-state index in [1.165, 1.54) is 11.8 Å². The molecule has 27 heavy (non-hydrogen) atoms. The van der Waals surface area contributed by atoms with Crippen LogP contribution in [0.4, 0.5) is 5.69 Å². The van der Waals surface area contributed by atoms with E-state index in [1.807, 2.05) is 28.8 Å². The SMILES string of the molecule is COc1ccc(-n2cnnc2SC(C)C(=O)Nc2cc(Cl)cc(Cl)c2)cc1. The summed E-state index contributed by atoms with van der Waals surface area (Å²) in [4.78, 5) is 12.5. The zero-order chi connectivity index (χ0) is 19.4. The van der Waals surface area contributed by atoms with Crippen LogP contribution in [0.1, 0.15) is 6.92 Å². The van der Waals surface area contributed by atoms with E-state index in [1.54, 1.807) is 38.6 Å². The van der Waals surface area contributed by atoms with E-state index in [0.717, 1.165) is 11.4 Å². The minimum atomic E-state index is -0.413. The molecular formula is C18H16Cl2N4O2S. The number of ether oxygens (including phenoxy) is 1. The van der Waals surface area contributed by atoms with Gasteiger partial charge in [0, 0.05) is 21.4 Å². The molecule has 0 spiro atoms. The van der Waals surface area contributed by atoms with E-state index in [2.05, 4.69) is 15.5 Å². The molecule has 1 amide bonds. The fourth-order valence-electron chi connectivity index (χ4n) is 2.31. The molecule has 0 radical (unpaired) electrons. The van der Waals surface area contributed by atoms with Gasteiger partial charge in [-0.3, -0.25) is 9.36 Å². The Labute approximate surface area is 170 Å². The van der Waals surface area contributed by atoms with Gasteiger partial charge in [0.25, 0.3) is 0 Å². The van der Waals surface area contributed by atoms with Crippen molar-refractivity contribution >= 4 is 46.6 Å². The molecule has 6 nitrogen and oxygen atoms in total. The lowest BCUT2D eigenvalue weighted by Gasteiger charge is -2.13. The van der Waals surface area contributed by atoms with Crippen LogP contribution in [0.3, 0.4) is 0 Å². The monoisotopic (exact) mass is 422 g/mol. The van der Waals surface area contributed by atoms with Crippen LogP contribution >= 0.6 is 35.0 Å². The molecule has 9 heteroatoms. The minimum absolute atomic E-state index is 0.192. The molecule has 0 saturated carbocycles. The van der Waals surface area contributed by atoms with Crippen molar-refractivity contribution in [3.8, 4) is 11.4 Å². The third kappa shape index (κ3) is 4.94. The Balaban J connectivity index is 1.71. The van der Waals surface area contributed by atoms with Crippen molar-refractivity contribution in [2.45, 2.75) is 17.3 Å². The number of nitrogens with one attached hydrogen (secondary N) is 1. The topological polar surface area (TPSA) is 69.0 Å².